The zero-order valence-electron chi connectivity index (χ0n) is 20.8. The molecule has 7 nitrogen and oxygen atoms in total. The van der Waals surface area contributed by atoms with Crippen molar-refractivity contribution in [3.8, 4) is 0 Å². The molecule has 2 heterocycles. The van der Waals surface area contributed by atoms with Crippen LogP contribution in [0.4, 0.5) is 11.4 Å². The molecule has 2 aromatic carbocycles. The SMILES string of the molecule is CN(C)CCOC(=O)C1CCN(CCCN2c3ccccc3Sc3ccc(S(C)(=O)=O)cc32)CC1. The van der Waals surface area contributed by atoms with Gasteiger partial charge >= 0.3 is 5.97 Å². The summed E-state index contributed by atoms with van der Waals surface area (Å²) in [7, 11) is 0.657. The van der Waals surface area contributed by atoms with E-state index >= 15 is 0 Å². The van der Waals surface area contributed by atoms with Gasteiger partial charge in [-0.05, 0) is 83.3 Å². The minimum absolute atomic E-state index is 0.000647. The van der Waals surface area contributed by atoms with Gasteiger partial charge in [0.1, 0.15) is 6.61 Å². The number of fused-ring (bicyclic) bond motifs is 2. The average Bonchev–Trinajstić information content (AvgIpc) is 2.83. The third kappa shape index (κ3) is 6.58. The molecule has 2 aromatic rings. The average molecular weight is 518 g/mol. The van der Waals surface area contributed by atoms with E-state index in [1.807, 2.05) is 37.2 Å². The molecule has 0 bridgehead atoms. The molecule has 1 fully saturated rings. The Bertz CT molecular complexity index is 1150. The number of hydrogen-bond donors (Lipinski definition) is 0. The fourth-order valence-electron chi connectivity index (χ4n) is 4.57. The summed E-state index contributed by atoms with van der Waals surface area (Å²) in [6, 6.07) is 13.7. The van der Waals surface area contributed by atoms with Crippen molar-refractivity contribution in [2.75, 3.05) is 64.6 Å². The standard InChI is InChI=1S/C26H35N3O4S2/c1-27(2)17-18-33-26(30)20-11-15-28(16-12-20)13-6-14-29-22-7-4-5-8-24(22)34-25-10-9-21(19-23(25)29)35(3,31)32/h4-5,7-10,19-20H,6,11-18H2,1-3H3. The molecule has 0 radical (unpaired) electrons. The van der Waals surface area contributed by atoms with Crippen molar-refractivity contribution in [1.82, 2.24) is 9.80 Å². The minimum Gasteiger partial charge on any atom is -0.464 e. The number of sulfone groups is 1. The number of likely N-dealkylation sites (N-methyl/N-ethyl adjacent to an activating group) is 1. The highest BCUT2D eigenvalue weighted by molar-refractivity contribution is 7.99. The molecule has 4 rings (SSSR count). The maximum atomic E-state index is 12.3. The molecule has 0 unspecified atom stereocenters. The Hall–Kier alpha value is -2.07. The van der Waals surface area contributed by atoms with Gasteiger partial charge < -0.3 is 19.4 Å². The summed E-state index contributed by atoms with van der Waals surface area (Å²) in [4.78, 5) is 21.6. The van der Waals surface area contributed by atoms with Crippen LogP contribution in [-0.2, 0) is 19.4 Å². The molecule has 0 saturated carbocycles. The van der Waals surface area contributed by atoms with Gasteiger partial charge in [0.2, 0.25) is 0 Å². The fourth-order valence-corrected chi connectivity index (χ4v) is 6.29. The lowest BCUT2D eigenvalue weighted by molar-refractivity contribution is -0.150. The maximum Gasteiger partial charge on any atom is 0.309 e. The topological polar surface area (TPSA) is 70.2 Å². The molecule has 0 aromatic heterocycles. The van der Waals surface area contributed by atoms with Crippen molar-refractivity contribution in [2.45, 2.75) is 33.9 Å². The third-order valence-electron chi connectivity index (χ3n) is 6.59. The molecular formula is C26H35N3O4S2. The van der Waals surface area contributed by atoms with E-state index in [-0.39, 0.29) is 11.9 Å². The molecular weight excluding hydrogens is 482 g/mol. The largest absolute Gasteiger partial charge is 0.464 e. The summed E-state index contributed by atoms with van der Waals surface area (Å²) < 4.78 is 29.8. The lowest BCUT2D eigenvalue weighted by Crippen LogP contribution is -2.38. The van der Waals surface area contributed by atoms with Crippen LogP contribution in [-0.4, -0.2) is 83.9 Å². The van der Waals surface area contributed by atoms with Crippen LogP contribution in [0.15, 0.2) is 57.2 Å². The lowest BCUT2D eigenvalue weighted by Gasteiger charge is -2.35. The van der Waals surface area contributed by atoms with Gasteiger partial charge in [0.15, 0.2) is 9.84 Å². The number of hydrogen-bond acceptors (Lipinski definition) is 8. The van der Waals surface area contributed by atoms with E-state index in [4.69, 9.17) is 4.74 Å². The molecule has 2 aliphatic heterocycles. The Kier molecular flexibility index (Phi) is 8.42. The molecule has 35 heavy (non-hydrogen) atoms. The van der Waals surface area contributed by atoms with E-state index in [0.717, 1.165) is 68.3 Å². The predicted octanol–water partition coefficient (Wildman–Crippen LogP) is 3.90. The summed E-state index contributed by atoms with van der Waals surface area (Å²) in [6.45, 7) is 4.73. The summed E-state index contributed by atoms with van der Waals surface area (Å²) in [5.41, 5.74) is 2.07. The van der Waals surface area contributed by atoms with Crippen LogP contribution in [0.2, 0.25) is 0 Å². The fraction of sp³-hybridized carbons (Fsp3) is 0.500. The molecule has 190 valence electrons. The number of carbonyl (C=O) groups excluding carboxylic acids is 1. The van der Waals surface area contributed by atoms with Crippen LogP contribution >= 0.6 is 11.8 Å². The first-order valence-electron chi connectivity index (χ1n) is 12.1. The lowest BCUT2D eigenvalue weighted by atomic mass is 9.97. The van der Waals surface area contributed by atoms with Crippen molar-refractivity contribution < 1.29 is 17.9 Å². The number of para-hydroxylation sites is 1. The number of benzene rings is 2. The van der Waals surface area contributed by atoms with Gasteiger partial charge in [-0.3, -0.25) is 4.79 Å². The van der Waals surface area contributed by atoms with Gasteiger partial charge in [0.25, 0.3) is 0 Å². The summed E-state index contributed by atoms with van der Waals surface area (Å²) in [5, 5.41) is 0. The summed E-state index contributed by atoms with van der Waals surface area (Å²) >= 11 is 1.68. The first-order valence-corrected chi connectivity index (χ1v) is 14.9. The van der Waals surface area contributed by atoms with Crippen LogP contribution in [0.5, 0.6) is 0 Å². The van der Waals surface area contributed by atoms with E-state index in [2.05, 4.69) is 21.9 Å². The summed E-state index contributed by atoms with van der Waals surface area (Å²) in [5.74, 6) is -0.0621. The van der Waals surface area contributed by atoms with Gasteiger partial charge in [-0.15, -0.1) is 0 Å². The number of piperidine rings is 1. The van der Waals surface area contributed by atoms with Crippen LogP contribution in [0.25, 0.3) is 0 Å². The number of rotatable bonds is 9. The van der Waals surface area contributed by atoms with Crippen molar-refractivity contribution in [2.24, 2.45) is 5.92 Å². The molecule has 0 amide bonds. The highest BCUT2D eigenvalue weighted by Crippen LogP contribution is 2.48. The highest BCUT2D eigenvalue weighted by Gasteiger charge is 2.27. The van der Waals surface area contributed by atoms with Crippen molar-refractivity contribution in [1.29, 1.82) is 0 Å². The molecule has 0 aliphatic carbocycles. The third-order valence-corrected chi connectivity index (χ3v) is 8.83. The minimum atomic E-state index is -3.28. The van der Waals surface area contributed by atoms with Gasteiger partial charge in [-0.1, -0.05) is 23.9 Å². The molecule has 0 atom stereocenters. The Morgan fingerprint density at radius 3 is 2.49 bits per heavy atom. The van der Waals surface area contributed by atoms with Crippen LogP contribution in [0.3, 0.4) is 0 Å². The molecule has 0 N–H and O–H groups in total. The first-order chi connectivity index (χ1) is 16.7. The van der Waals surface area contributed by atoms with E-state index in [1.54, 1.807) is 23.9 Å². The van der Waals surface area contributed by atoms with E-state index in [1.165, 1.54) is 11.2 Å². The zero-order chi connectivity index (χ0) is 25.0. The van der Waals surface area contributed by atoms with Gasteiger partial charge in [-0.25, -0.2) is 8.42 Å². The monoisotopic (exact) mass is 517 g/mol. The van der Waals surface area contributed by atoms with Crippen LogP contribution in [0, 0.1) is 5.92 Å². The quantitative estimate of drug-likeness (QED) is 0.464. The van der Waals surface area contributed by atoms with Crippen LogP contribution in [0.1, 0.15) is 19.3 Å². The zero-order valence-corrected chi connectivity index (χ0v) is 22.4. The maximum absolute atomic E-state index is 12.3. The van der Waals surface area contributed by atoms with Gasteiger partial charge in [0, 0.05) is 29.1 Å². The van der Waals surface area contributed by atoms with Crippen molar-refractivity contribution in [3.63, 3.8) is 0 Å². The second-order valence-electron chi connectivity index (χ2n) is 9.56. The molecule has 1 saturated heterocycles. The first kappa shape index (κ1) is 26.0. The highest BCUT2D eigenvalue weighted by atomic mass is 32.2. The second kappa shape index (κ2) is 11.3. The van der Waals surface area contributed by atoms with E-state index in [9.17, 15) is 13.2 Å². The van der Waals surface area contributed by atoms with E-state index < -0.39 is 9.84 Å². The molecule has 2 aliphatic rings. The number of nitrogens with zero attached hydrogens (tertiary/aromatic N) is 3. The van der Waals surface area contributed by atoms with Crippen LogP contribution < -0.4 is 4.90 Å². The van der Waals surface area contributed by atoms with Gasteiger partial charge in [0.05, 0.1) is 22.2 Å². The number of anilines is 2. The normalized spacial score (nSPS) is 16.7. The number of ether oxygens (including phenoxy) is 1. The summed E-state index contributed by atoms with van der Waals surface area (Å²) in [6.07, 6.45) is 3.87. The number of likely N-dealkylation sites (tertiary alicyclic amines) is 1. The number of esters is 1. The smallest absolute Gasteiger partial charge is 0.309 e. The Balaban J connectivity index is 1.35. The van der Waals surface area contributed by atoms with Gasteiger partial charge in [-0.2, -0.15) is 0 Å². The molecule has 9 heteroatoms. The van der Waals surface area contributed by atoms with E-state index in [0.29, 0.717) is 11.5 Å². The number of carbonyl (C=O) groups is 1. The predicted molar refractivity (Wildman–Crippen MR) is 140 cm³/mol. The van der Waals surface area contributed by atoms with Crippen molar-refractivity contribution in [3.05, 3.63) is 42.5 Å². The second-order valence-corrected chi connectivity index (χ2v) is 12.7. The Labute approximate surface area is 213 Å². The Morgan fingerprint density at radius 2 is 1.77 bits per heavy atom. The molecule has 0 spiro atoms. The Morgan fingerprint density at radius 1 is 1.06 bits per heavy atom. The van der Waals surface area contributed by atoms with Crippen molar-refractivity contribution >= 4 is 38.9 Å².